The van der Waals surface area contributed by atoms with Gasteiger partial charge in [-0.2, -0.15) is 0 Å². The Kier molecular flexibility index (Phi) is 2.67. The van der Waals surface area contributed by atoms with Crippen molar-refractivity contribution < 1.29 is 14.3 Å². The lowest BCUT2D eigenvalue weighted by Crippen LogP contribution is -2.40. The fourth-order valence-electron chi connectivity index (χ4n) is 3.84. The van der Waals surface area contributed by atoms with E-state index < -0.39 is 0 Å². The van der Waals surface area contributed by atoms with E-state index in [0.717, 1.165) is 25.1 Å². The summed E-state index contributed by atoms with van der Waals surface area (Å²) in [6.45, 7) is 3.35. The van der Waals surface area contributed by atoms with Crippen molar-refractivity contribution in [2.75, 3.05) is 13.1 Å². The zero-order valence-corrected chi connectivity index (χ0v) is 12.0. The number of hydrogen-bond donors (Lipinski definition) is 0. The van der Waals surface area contributed by atoms with Gasteiger partial charge in [0.25, 0.3) is 0 Å². The molecule has 0 aromatic heterocycles. The Bertz CT molecular complexity index is 666. The Morgan fingerprint density at radius 1 is 1.24 bits per heavy atom. The highest BCUT2D eigenvalue weighted by atomic mass is 16.5. The third-order valence-electron chi connectivity index (χ3n) is 4.79. The molecule has 0 amide bonds. The first-order valence-corrected chi connectivity index (χ1v) is 7.42. The lowest BCUT2D eigenvalue weighted by atomic mass is 9.73. The average Bonchev–Trinajstić information content (AvgIpc) is 2.48. The number of allylic oxidation sites excluding steroid dienone is 4. The van der Waals surface area contributed by atoms with Crippen molar-refractivity contribution in [1.82, 2.24) is 4.90 Å². The lowest BCUT2D eigenvalue weighted by Gasteiger charge is -2.42. The van der Waals surface area contributed by atoms with Gasteiger partial charge in [-0.05, 0) is 18.9 Å². The number of nitrogens with zero attached hydrogens (tertiary/aromatic N) is 1. The normalized spacial score (nSPS) is 30.1. The molecule has 2 atom stereocenters. The van der Waals surface area contributed by atoms with Crippen molar-refractivity contribution >= 4 is 11.8 Å². The molecule has 0 radical (unpaired) electrons. The van der Waals surface area contributed by atoms with Crippen LogP contribution in [0.15, 0.2) is 46.9 Å². The van der Waals surface area contributed by atoms with Crippen molar-refractivity contribution in [3.63, 3.8) is 0 Å². The molecule has 3 aliphatic heterocycles. The van der Waals surface area contributed by atoms with E-state index >= 15 is 0 Å². The molecule has 0 aromatic carbocycles. The highest BCUT2D eigenvalue weighted by Gasteiger charge is 2.43. The molecule has 0 bridgehead atoms. The molecule has 4 nitrogen and oxygen atoms in total. The number of esters is 1. The van der Waals surface area contributed by atoms with Crippen molar-refractivity contribution in [1.29, 1.82) is 0 Å². The van der Waals surface area contributed by atoms with Gasteiger partial charge >= 0.3 is 5.97 Å². The predicted octanol–water partition coefficient (Wildman–Crippen LogP) is 2.11. The number of carbonyl (C=O) groups is 2. The van der Waals surface area contributed by atoms with Crippen LogP contribution < -0.4 is 0 Å². The summed E-state index contributed by atoms with van der Waals surface area (Å²) in [5.74, 6) is 0.259. The first-order valence-electron chi connectivity index (χ1n) is 7.42. The fraction of sp³-hybridized carbons (Fsp3) is 0.412. The Morgan fingerprint density at radius 3 is 2.76 bits per heavy atom. The van der Waals surface area contributed by atoms with Gasteiger partial charge < -0.3 is 9.64 Å². The van der Waals surface area contributed by atoms with Gasteiger partial charge in [-0.15, -0.1) is 0 Å². The standard InChI is InChI=1S/C17H17NO3/c1-10(19)13-9-15(20)21-17-12-5-3-7-18-6-2-4-11(16(12)18)8-14(13)17/h2-5,13-14H,6-9H2,1H3. The topological polar surface area (TPSA) is 46.6 Å². The monoisotopic (exact) mass is 283 g/mol. The average molecular weight is 283 g/mol. The summed E-state index contributed by atoms with van der Waals surface area (Å²) in [6.07, 6.45) is 9.45. The van der Waals surface area contributed by atoms with E-state index in [1.807, 2.05) is 6.08 Å². The first-order chi connectivity index (χ1) is 10.1. The summed E-state index contributed by atoms with van der Waals surface area (Å²) >= 11 is 0. The molecule has 1 aliphatic carbocycles. The quantitative estimate of drug-likeness (QED) is 0.691. The van der Waals surface area contributed by atoms with Crippen LogP contribution in [0.4, 0.5) is 0 Å². The van der Waals surface area contributed by atoms with Crippen LogP contribution in [0.2, 0.25) is 0 Å². The van der Waals surface area contributed by atoms with Crippen LogP contribution in [0.3, 0.4) is 0 Å². The molecule has 3 heterocycles. The summed E-state index contributed by atoms with van der Waals surface area (Å²) < 4.78 is 5.56. The summed E-state index contributed by atoms with van der Waals surface area (Å²) in [6, 6.07) is 0. The molecule has 0 saturated carbocycles. The molecular formula is C17H17NO3. The molecule has 21 heavy (non-hydrogen) atoms. The van der Waals surface area contributed by atoms with E-state index in [1.54, 1.807) is 6.92 Å². The minimum absolute atomic E-state index is 0.00120. The van der Waals surface area contributed by atoms with Gasteiger partial charge in [-0.25, -0.2) is 0 Å². The number of carbonyl (C=O) groups excluding carboxylic acids is 2. The minimum Gasteiger partial charge on any atom is -0.430 e. The Morgan fingerprint density at radius 2 is 2.00 bits per heavy atom. The molecule has 4 heteroatoms. The minimum atomic E-state index is -0.283. The van der Waals surface area contributed by atoms with E-state index in [-0.39, 0.29) is 30.0 Å². The maximum Gasteiger partial charge on any atom is 0.311 e. The van der Waals surface area contributed by atoms with Crippen LogP contribution in [0, 0.1) is 11.8 Å². The SMILES string of the molecule is CC(=O)C1CC(=O)OC2=C3C=CCN4CC=CC(=C34)CC21. The molecule has 1 saturated heterocycles. The van der Waals surface area contributed by atoms with Gasteiger partial charge in [-0.3, -0.25) is 9.59 Å². The summed E-state index contributed by atoms with van der Waals surface area (Å²) in [5.41, 5.74) is 3.44. The highest BCUT2D eigenvalue weighted by Crippen LogP contribution is 2.46. The van der Waals surface area contributed by atoms with Gasteiger partial charge in [0.1, 0.15) is 11.5 Å². The molecule has 2 unspecified atom stereocenters. The second-order valence-electron chi connectivity index (χ2n) is 6.07. The van der Waals surface area contributed by atoms with Crippen molar-refractivity contribution in [2.45, 2.75) is 19.8 Å². The maximum atomic E-state index is 11.9. The fourth-order valence-corrected chi connectivity index (χ4v) is 3.84. The van der Waals surface area contributed by atoms with Crippen LogP contribution in [-0.4, -0.2) is 29.7 Å². The van der Waals surface area contributed by atoms with E-state index in [0.29, 0.717) is 5.76 Å². The first kappa shape index (κ1) is 12.6. The summed E-state index contributed by atoms with van der Waals surface area (Å²) in [7, 11) is 0. The smallest absolute Gasteiger partial charge is 0.311 e. The molecule has 1 fully saturated rings. The lowest BCUT2D eigenvalue weighted by molar-refractivity contribution is -0.149. The van der Waals surface area contributed by atoms with E-state index in [4.69, 9.17) is 4.74 Å². The van der Waals surface area contributed by atoms with Gasteiger partial charge in [0.05, 0.1) is 12.1 Å². The zero-order chi connectivity index (χ0) is 14.6. The van der Waals surface area contributed by atoms with Crippen molar-refractivity contribution in [3.8, 4) is 0 Å². The van der Waals surface area contributed by atoms with Crippen LogP contribution >= 0.6 is 0 Å². The number of ketones is 1. The van der Waals surface area contributed by atoms with Crippen molar-refractivity contribution in [2.24, 2.45) is 11.8 Å². The molecule has 0 aromatic rings. The second kappa shape index (κ2) is 4.45. The van der Waals surface area contributed by atoms with Crippen molar-refractivity contribution in [3.05, 3.63) is 46.9 Å². The van der Waals surface area contributed by atoms with E-state index in [1.165, 1.54) is 11.3 Å². The molecular weight excluding hydrogens is 266 g/mol. The predicted molar refractivity (Wildman–Crippen MR) is 76.9 cm³/mol. The van der Waals surface area contributed by atoms with Crippen LogP contribution in [0.1, 0.15) is 19.8 Å². The zero-order valence-electron chi connectivity index (χ0n) is 12.0. The number of Topliss-reactive ketones (excluding diaryl/α,β-unsaturated/α-hetero) is 1. The maximum absolute atomic E-state index is 11.9. The molecule has 0 N–H and O–H groups in total. The van der Waals surface area contributed by atoms with Crippen LogP contribution in [0.25, 0.3) is 0 Å². The van der Waals surface area contributed by atoms with Crippen LogP contribution in [-0.2, 0) is 14.3 Å². The second-order valence-corrected chi connectivity index (χ2v) is 6.07. The third-order valence-corrected chi connectivity index (χ3v) is 4.79. The molecule has 108 valence electrons. The number of fused-ring (bicyclic) bond motifs is 1. The third kappa shape index (κ3) is 1.82. The molecule has 4 rings (SSSR count). The molecule has 4 aliphatic rings. The molecule has 0 spiro atoms. The van der Waals surface area contributed by atoms with Gasteiger partial charge in [0.15, 0.2) is 0 Å². The van der Waals surface area contributed by atoms with Gasteiger partial charge in [0, 0.05) is 30.5 Å². The van der Waals surface area contributed by atoms with E-state index in [9.17, 15) is 9.59 Å². The Balaban J connectivity index is 1.88. The van der Waals surface area contributed by atoms with Gasteiger partial charge in [-0.1, -0.05) is 24.3 Å². The largest absolute Gasteiger partial charge is 0.430 e. The summed E-state index contributed by atoms with van der Waals surface area (Å²) in [5, 5.41) is 0. The van der Waals surface area contributed by atoms with Gasteiger partial charge in [0.2, 0.25) is 0 Å². The number of rotatable bonds is 1. The number of hydrogen-bond acceptors (Lipinski definition) is 4. The highest BCUT2D eigenvalue weighted by molar-refractivity contribution is 5.86. The van der Waals surface area contributed by atoms with E-state index in [2.05, 4.69) is 23.1 Å². The summed E-state index contributed by atoms with van der Waals surface area (Å²) in [4.78, 5) is 26.1. The Labute approximate surface area is 123 Å². The number of ether oxygens (including phenoxy) is 1. The Hall–Kier alpha value is -2.10. The van der Waals surface area contributed by atoms with Crippen LogP contribution in [0.5, 0.6) is 0 Å².